The van der Waals surface area contributed by atoms with Gasteiger partial charge in [0.2, 0.25) is 0 Å². The number of nitrogens with zero attached hydrogens (tertiary/aromatic N) is 2. The second kappa shape index (κ2) is 7.18. The molecule has 1 aliphatic heterocycles. The Labute approximate surface area is 152 Å². The van der Waals surface area contributed by atoms with E-state index in [0.717, 1.165) is 12.1 Å². The molecule has 1 saturated heterocycles. The van der Waals surface area contributed by atoms with Crippen molar-refractivity contribution in [3.63, 3.8) is 0 Å². The average molecular weight is 380 g/mol. The monoisotopic (exact) mass is 380 g/mol. The van der Waals surface area contributed by atoms with E-state index in [1.165, 1.54) is 35.1 Å². The van der Waals surface area contributed by atoms with E-state index in [1.54, 1.807) is 12.1 Å². The highest BCUT2D eigenvalue weighted by Crippen LogP contribution is 2.35. The lowest BCUT2D eigenvalue weighted by atomic mass is 10.2. The van der Waals surface area contributed by atoms with Crippen LogP contribution in [0.5, 0.6) is 11.5 Å². The lowest BCUT2D eigenvalue weighted by Gasteiger charge is -2.20. The van der Waals surface area contributed by atoms with Gasteiger partial charge in [-0.1, -0.05) is 0 Å². The molecule has 0 aromatic heterocycles. The van der Waals surface area contributed by atoms with E-state index in [9.17, 15) is 22.8 Å². The Kier molecular flexibility index (Phi) is 4.93. The minimum absolute atomic E-state index is 0.158. The van der Waals surface area contributed by atoms with Crippen LogP contribution in [-0.4, -0.2) is 32.7 Å². The molecule has 6 nitrogen and oxygen atoms in total. The van der Waals surface area contributed by atoms with Crippen LogP contribution in [0.1, 0.15) is 5.56 Å². The van der Waals surface area contributed by atoms with Gasteiger partial charge in [-0.2, -0.15) is 13.2 Å². The third-order valence-electron chi connectivity index (χ3n) is 4.15. The molecule has 0 radical (unpaired) electrons. The second-order valence-corrected chi connectivity index (χ2v) is 5.68. The van der Waals surface area contributed by atoms with Crippen molar-refractivity contribution in [2.75, 3.05) is 30.0 Å². The van der Waals surface area contributed by atoms with E-state index in [4.69, 9.17) is 9.47 Å². The summed E-state index contributed by atoms with van der Waals surface area (Å²) in [6.07, 6.45) is -4.43. The van der Waals surface area contributed by atoms with Crippen molar-refractivity contribution in [1.82, 2.24) is 0 Å². The largest absolute Gasteiger partial charge is 0.493 e. The molecule has 1 fully saturated rings. The quantitative estimate of drug-likeness (QED) is 0.743. The zero-order chi connectivity index (χ0) is 19.6. The zero-order valence-corrected chi connectivity index (χ0v) is 14.2. The number of ether oxygens (including phenoxy) is 2. The van der Waals surface area contributed by atoms with Gasteiger partial charge in [0.25, 0.3) is 6.47 Å². The molecule has 1 aliphatic rings. The fraction of sp³-hybridized carbons (Fsp3) is 0.222. The fourth-order valence-electron chi connectivity index (χ4n) is 2.82. The van der Waals surface area contributed by atoms with Gasteiger partial charge in [-0.05, 0) is 36.4 Å². The number of halogens is 3. The molecule has 0 N–H and O–H groups in total. The summed E-state index contributed by atoms with van der Waals surface area (Å²) in [5, 5.41) is 0. The predicted molar refractivity (Wildman–Crippen MR) is 91.2 cm³/mol. The molecule has 2 amide bonds. The highest BCUT2D eigenvalue weighted by Gasteiger charge is 2.33. The number of urea groups is 1. The number of hydrogen-bond donors (Lipinski definition) is 0. The molecular formula is C18H15F3N2O4. The highest BCUT2D eigenvalue weighted by molar-refractivity contribution is 6.06. The number of methoxy groups -OCH3 is 1. The summed E-state index contributed by atoms with van der Waals surface area (Å²) in [6.45, 7) is 0.884. The Morgan fingerprint density at radius 3 is 2.11 bits per heavy atom. The molecule has 0 atom stereocenters. The van der Waals surface area contributed by atoms with Gasteiger partial charge in [-0.3, -0.25) is 14.6 Å². The van der Waals surface area contributed by atoms with Crippen LogP contribution in [0.25, 0.3) is 0 Å². The summed E-state index contributed by atoms with van der Waals surface area (Å²) in [4.78, 5) is 26.1. The van der Waals surface area contributed by atoms with Gasteiger partial charge in [-0.15, -0.1) is 0 Å². The predicted octanol–water partition coefficient (Wildman–Crippen LogP) is 3.70. The van der Waals surface area contributed by atoms with Crippen LogP contribution in [0.4, 0.5) is 29.3 Å². The number of hydrogen-bond acceptors (Lipinski definition) is 4. The SMILES string of the molecule is COc1ccc(N2CCN(c3ccc(C(F)(F)F)cc3)C2=O)cc1OC=O. The van der Waals surface area contributed by atoms with E-state index in [2.05, 4.69) is 0 Å². The molecule has 3 rings (SSSR count). The van der Waals surface area contributed by atoms with Gasteiger partial charge in [0.05, 0.1) is 12.7 Å². The molecule has 0 saturated carbocycles. The Hall–Kier alpha value is -3.23. The molecule has 0 unspecified atom stereocenters. The summed E-state index contributed by atoms with van der Waals surface area (Å²) < 4.78 is 48.0. The first-order valence-corrected chi connectivity index (χ1v) is 7.90. The number of benzene rings is 2. The van der Waals surface area contributed by atoms with Crippen molar-refractivity contribution in [3.8, 4) is 11.5 Å². The minimum Gasteiger partial charge on any atom is -0.493 e. The fourth-order valence-corrected chi connectivity index (χ4v) is 2.82. The van der Waals surface area contributed by atoms with Gasteiger partial charge in [0.15, 0.2) is 11.5 Å². The van der Waals surface area contributed by atoms with Crippen molar-refractivity contribution >= 4 is 23.9 Å². The minimum atomic E-state index is -4.43. The number of rotatable bonds is 5. The maximum Gasteiger partial charge on any atom is 0.416 e. The maximum atomic E-state index is 12.7. The average Bonchev–Trinajstić information content (AvgIpc) is 3.03. The van der Waals surface area contributed by atoms with E-state index in [0.29, 0.717) is 30.2 Å². The van der Waals surface area contributed by atoms with Crippen LogP contribution in [0.3, 0.4) is 0 Å². The number of amides is 2. The molecule has 0 spiro atoms. The number of carbonyl (C=O) groups is 2. The van der Waals surface area contributed by atoms with Gasteiger partial charge in [0, 0.05) is 30.5 Å². The van der Waals surface area contributed by atoms with Crippen molar-refractivity contribution in [1.29, 1.82) is 0 Å². The van der Waals surface area contributed by atoms with Crippen molar-refractivity contribution in [2.45, 2.75) is 6.18 Å². The first kappa shape index (κ1) is 18.6. The number of anilines is 2. The standard InChI is InChI=1S/C18H15F3N2O4/c1-26-15-7-6-14(10-16(15)27-11-24)23-9-8-22(17(23)25)13-4-2-12(3-5-13)18(19,20)21/h2-7,10-11H,8-9H2,1H3. The van der Waals surface area contributed by atoms with Gasteiger partial charge in [0.1, 0.15) is 0 Å². The van der Waals surface area contributed by atoms with Crippen LogP contribution in [0.15, 0.2) is 42.5 Å². The highest BCUT2D eigenvalue weighted by atomic mass is 19.4. The van der Waals surface area contributed by atoms with E-state index in [-0.39, 0.29) is 12.2 Å². The molecule has 2 aromatic carbocycles. The maximum absolute atomic E-state index is 12.7. The lowest BCUT2D eigenvalue weighted by molar-refractivity contribution is -0.137. The normalized spacial score (nSPS) is 14.4. The van der Waals surface area contributed by atoms with Crippen molar-refractivity contribution < 1.29 is 32.2 Å². The summed E-state index contributed by atoms with van der Waals surface area (Å²) in [5.41, 5.74) is 0.0704. The second-order valence-electron chi connectivity index (χ2n) is 5.68. The molecule has 2 aromatic rings. The van der Waals surface area contributed by atoms with Crippen LogP contribution in [-0.2, 0) is 11.0 Å². The molecule has 1 heterocycles. The lowest BCUT2D eigenvalue weighted by Crippen LogP contribution is -2.31. The van der Waals surface area contributed by atoms with Gasteiger partial charge < -0.3 is 9.47 Å². The van der Waals surface area contributed by atoms with Gasteiger partial charge >= 0.3 is 12.2 Å². The topological polar surface area (TPSA) is 59.1 Å². The Morgan fingerprint density at radius 2 is 1.56 bits per heavy atom. The van der Waals surface area contributed by atoms with Crippen LogP contribution in [0, 0.1) is 0 Å². The van der Waals surface area contributed by atoms with Gasteiger partial charge in [-0.25, -0.2) is 4.79 Å². The Morgan fingerprint density at radius 1 is 0.963 bits per heavy atom. The first-order chi connectivity index (χ1) is 12.8. The molecular weight excluding hydrogens is 365 g/mol. The molecule has 142 valence electrons. The van der Waals surface area contributed by atoms with Crippen LogP contribution >= 0.6 is 0 Å². The van der Waals surface area contributed by atoms with Crippen molar-refractivity contribution in [2.24, 2.45) is 0 Å². The number of carbonyl (C=O) groups excluding carboxylic acids is 2. The molecule has 9 heteroatoms. The van der Waals surface area contributed by atoms with Crippen LogP contribution in [0.2, 0.25) is 0 Å². The van der Waals surface area contributed by atoms with E-state index < -0.39 is 17.8 Å². The molecule has 0 aliphatic carbocycles. The number of alkyl halides is 3. The van der Waals surface area contributed by atoms with E-state index in [1.807, 2.05) is 0 Å². The first-order valence-electron chi connectivity index (χ1n) is 7.90. The summed E-state index contributed by atoms with van der Waals surface area (Å²) in [7, 11) is 1.42. The molecule has 0 bridgehead atoms. The van der Waals surface area contributed by atoms with Crippen LogP contribution < -0.4 is 19.3 Å². The Balaban J connectivity index is 1.82. The summed E-state index contributed by atoms with van der Waals surface area (Å²) in [5.74, 6) is 0.489. The molecule has 27 heavy (non-hydrogen) atoms. The smallest absolute Gasteiger partial charge is 0.416 e. The third kappa shape index (κ3) is 3.67. The third-order valence-corrected chi connectivity index (χ3v) is 4.15. The van der Waals surface area contributed by atoms with E-state index >= 15 is 0 Å². The Bertz CT molecular complexity index is 853. The van der Waals surface area contributed by atoms with Crippen molar-refractivity contribution in [3.05, 3.63) is 48.0 Å². The zero-order valence-electron chi connectivity index (χ0n) is 14.2. The summed E-state index contributed by atoms with van der Waals surface area (Å²) >= 11 is 0. The summed E-state index contributed by atoms with van der Waals surface area (Å²) in [6, 6.07) is 8.69.